The van der Waals surface area contributed by atoms with E-state index >= 15 is 0 Å². The van der Waals surface area contributed by atoms with Gasteiger partial charge in [0, 0.05) is 22.7 Å². The van der Waals surface area contributed by atoms with Crippen LogP contribution in [0.25, 0.3) is 37.0 Å². The molecule has 2 aromatic carbocycles. The quantitative estimate of drug-likeness (QED) is 0.531. The second-order valence-corrected chi connectivity index (χ2v) is 7.04. The van der Waals surface area contributed by atoms with E-state index in [-0.39, 0.29) is 12.2 Å². The number of aromatic nitrogens is 1. The Morgan fingerprint density at radius 3 is 2.65 bits per heavy atom. The fourth-order valence-corrected chi connectivity index (χ4v) is 4.17. The smallest absolute Gasteiger partial charge is 0.266 e. The molecule has 0 atom stereocenters. The second kappa shape index (κ2) is 6.75. The van der Waals surface area contributed by atoms with E-state index in [0.717, 1.165) is 45.0 Å². The highest BCUT2D eigenvalue weighted by molar-refractivity contribution is 7.17. The first-order valence-electron chi connectivity index (χ1n) is 8.31. The van der Waals surface area contributed by atoms with Gasteiger partial charge in [-0.3, -0.25) is 4.79 Å². The van der Waals surface area contributed by atoms with E-state index < -0.39 is 0 Å². The van der Waals surface area contributed by atoms with Gasteiger partial charge in [0.15, 0.2) is 0 Å². The number of benzene rings is 2. The maximum absolute atomic E-state index is 12.3. The van der Waals surface area contributed by atoms with Crippen molar-refractivity contribution in [1.29, 1.82) is 0 Å². The van der Waals surface area contributed by atoms with Gasteiger partial charge >= 0.3 is 0 Å². The van der Waals surface area contributed by atoms with Crippen LogP contribution >= 0.6 is 11.3 Å². The van der Waals surface area contributed by atoms with Gasteiger partial charge in [0.05, 0.1) is 6.61 Å². The minimum atomic E-state index is -0.0836. The van der Waals surface area contributed by atoms with Crippen LogP contribution in [0.4, 0.5) is 0 Å². The van der Waals surface area contributed by atoms with Gasteiger partial charge in [-0.15, -0.1) is 11.3 Å². The van der Waals surface area contributed by atoms with Crippen molar-refractivity contribution in [2.75, 3.05) is 6.54 Å². The molecule has 0 bridgehead atoms. The summed E-state index contributed by atoms with van der Waals surface area (Å²) in [4.78, 5) is 18.6. The highest BCUT2D eigenvalue weighted by Gasteiger charge is 2.15. The molecule has 0 unspecified atom stereocenters. The third-order valence-corrected chi connectivity index (χ3v) is 5.52. The van der Waals surface area contributed by atoms with E-state index in [4.69, 9.17) is 6.57 Å². The molecule has 4 aromatic rings. The SMILES string of the molecule is [C-]#[N+]CCc1ccc(-c2c(CO)ccc3[nH]c(=O)c4sccc4c23)cc1. The van der Waals surface area contributed by atoms with Crippen LogP contribution in [-0.2, 0) is 13.0 Å². The van der Waals surface area contributed by atoms with Crippen LogP contribution in [0.1, 0.15) is 11.1 Å². The molecular formula is C21H16N2O2S. The number of aliphatic hydroxyl groups excluding tert-OH is 1. The highest BCUT2D eigenvalue weighted by atomic mass is 32.1. The Hall–Kier alpha value is -2.94. The summed E-state index contributed by atoms with van der Waals surface area (Å²) >= 11 is 1.42. The lowest BCUT2D eigenvalue weighted by Crippen LogP contribution is -2.05. The Morgan fingerprint density at radius 2 is 1.92 bits per heavy atom. The topological polar surface area (TPSA) is 57.4 Å². The molecule has 0 saturated carbocycles. The highest BCUT2D eigenvalue weighted by Crippen LogP contribution is 2.36. The minimum absolute atomic E-state index is 0.0739. The molecule has 0 aliphatic rings. The molecular weight excluding hydrogens is 344 g/mol. The molecule has 0 spiro atoms. The number of thiophene rings is 1. The molecule has 2 N–H and O–H groups in total. The van der Waals surface area contributed by atoms with Gasteiger partial charge in [-0.2, -0.15) is 0 Å². The Labute approximate surface area is 154 Å². The molecule has 0 radical (unpaired) electrons. The Bertz CT molecular complexity index is 1200. The molecule has 5 heteroatoms. The number of rotatable bonds is 4. The summed E-state index contributed by atoms with van der Waals surface area (Å²) < 4.78 is 0.697. The van der Waals surface area contributed by atoms with E-state index in [1.54, 1.807) is 0 Å². The Balaban J connectivity index is 2.00. The predicted molar refractivity (Wildman–Crippen MR) is 106 cm³/mol. The summed E-state index contributed by atoms with van der Waals surface area (Å²) in [7, 11) is 0. The fraction of sp³-hybridized carbons (Fsp3) is 0.143. The first-order chi connectivity index (χ1) is 12.7. The van der Waals surface area contributed by atoms with Gasteiger partial charge < -0.3 is 14.9 Å². The maximum atomic E-state index is 12.3. The molecule has 4 rings (SSSR count). The number of aliphatic hydroxyl groups is 1. The largest absolute Gasteiger partial charge is 0.392 e. The number of nitrogens with one attached hydrogen (secondary N) is 1. The van der Waals surface area contributed by atoms with Crippen molar-refractivity contribution in [3.63, 3.8) is 0 Å². The molecule has 2 heterocycles. The van der Waals surface area contributed by atoms with E-state index in [2.05, 4.69) is 9.83 Å². The number of aromatic amines is 1. The normalized spacial score (nSPS) is 11.1. The van der Waals surface area contributed by atoms with Crippen molar-refractivity contribution in [3.05, 3.63) is 80.7 Å². The molecule has 128 valence electrons. The summed E-state index contributed by atoms with van der Waals surface area (Å²) in [5, 5.41) is 13.7. The van der Waals surface area contributed by atoms with Gasteiger partial charge in [0.25, 0.3) is 5.56 Å². The average Bonchev–Trinajstić information content (AvgIpc) is 3.17. The number of pyridine rings is 1. The van der Waals surface area contributed by atoms with Crippen LogP contribution in [0.5, 0.6) is 0 Å². The van der Waals surface area contributed by atoms with Crippen molar-refractivity contribution >= 4 is 32.3 Å². The number of hydrogen-bond donors (Lipinski definition) is 2. The molecule has 26 heavy (non-hydrogen) atoms. The lowest BCUT2D eigenvalue weighted by molar-refractivity contribution is 0.282. The van der Waals surface area contributed by atoms with Gasteiger partial charge in [0.1, 0.15) is 4.70 Å². The molecule has 2 aromatic heterocycles. The average molecular weight is 360 g/mol. The summed E-state index contributed by atoms with van der Waals surface area (Å²) in [5.41, 5.74) is 4.56. The fourth-order valence-electron chi connectivity index (χ4n) is 3.38. The minimum Gasteiger partial charge on any atom is -0.392 e. The Kier molecular flexibility index (Phi) is 4.29. The summed E-state index contributed by atoms with van der Waals surface area (Å²) in [6.07, 6.45) is 0.730. The molecule has 0 fully saturated rings. The van der Waals surface area contributed by atoms with E-state index in [0.29, 0.717) is 11.2 Å². The lowest BCUT2D eigenvalue weighted by atomic mass is 9.93. The first kappa shape index (κ1) is 16.5. The molecule has 0 amide bonds. The van der Waals surface area contributed by atoms with E-state index in [9.17, 15) is 9.90 Å². The Morgan fingerprint density at radius 1 is 1.12 bits per heavy atom. The van der Waals surface area contributed by atoms with Crippen LogP contribution in [0.3, 0.4) is 0 Å². The van der Waals surface area contributed by atoms with Gasteiger partial charge in [-0.25, -0.2) is 6.57 Å². The van der Waals surface area contributed by atoms with Gasteiger partial charge in [0.2, 0.25) is 6.54 Å². The third-order valence-electron chi connectivity index (χ3n) is 4.61. The summed E-state index contributed by atoms with van der Waals surface area (Å²) in [6, 6.07) is 13.8. The van der Waals surface area contributed by atoms with Gasteiger partial charge in [-0.1, -0.05) is 30.3 Å². The number of fused-ring (bicyclic) bond motifs is 3. The van der Waals surface area contributed by atoms with E-state index in [1.807, 2.05) is 47.8 Å². The van der Waals surface area contributed by atoms with Crippen LogP contribution in [-0.4, -0.2) is 16.6 Å². The predicted octanol–water partition coefficient (Wildman–Crippen LogP) is 4.36. The van der Waals surface area contributed by atoms with Crippen LogP contribution in [0.15, 0.2) is 52.6 Å². The van der Waals surface area contributed by atoms with Crippen molar-refractivity contribution < 1.29 is 5.11 Å². The summed E-state index contributed by atoms with van der Waals surface area (Å²) in [5.74, 6) is 0. The lowest BCUT2D eigenvalue weighted by Gasteiger charge is -2.13. The first-order valence-corrected chi connectivity index (χ1v) is 9.19. The van der Waals surface area contributed by atoms with Crippen molar-refractivity contribution in [3.8, 4) is 11.1 Å². The monoisotopic (exact) mass is 360 g/mol. The third kappa shape index (κ3) is 2.70. The van der Waals surface area contributed by atoms with Crippen LogP contribution < -0.4 is 5.56 Å². The van der Waals surface area contributed by atoms with Gasteiger partial charge in [-0.05, 0) is 39.8 Å². The molecule has 0 aliphatic carbocycles. The summed E-state index contributed by atoms with van der Waals surface area (Å²) in [6.45, 7) is 7.32. The standard InChI is InChI=1S/C21H16N2O2S/c1-22-10-8-13-2-4-14(5-3-13)18-15(12-24)6-7-17-19(18)16-9-11-26-20(16)21(25)23-17/h2-7,9,11,24H,8,10,12H2,(H,23,25). The second-order valence-electron chi connectivity index (χ2n) is 6.13. The zero-order chi connectivity index (χ0) is 18.1. The van der Waals surface area contributed by atoms with Crippen molar-refractivity contribution in [2.24, 2.45) is 0 Å². The molecule has 0 saturated heterocycles. The maximum Gasteiger partial charge on any atom is 0.266 e. The van der Waals surface area contributed by atoms with Crippen molar-refractivity contribution in [1.82, 2.24) is 4.98 Å². The molecule has 4 nitrogen and oxygen atoms in total. The number of hydrogen-bond acceptors (Lipinski definition) is 3. The van der Waals surface area contributed by atoms with Crippen LogP contribution in [0.2, 0.25) is 0 Å². The molecule has 0 aliphatic heterocycles. The van der Waals surface area contributed by atoms with Crippen LogP contribution in [0, 0.1) is 6.57 Å². The zero-order valence-corrected chi connectivity index (χ0v) is 14.8. The number of nitrogens with zero attached hydrogens (tertiary/aromatic N) is 1. The zero-order valence-electron chi connectivity index (χ0n) is 14.0. The van der Waals surface area contributed by atoms with Crippen molar-refractivity contribution in [2.45, 2.75) is 13.0 Å². The number of H-pyrrole nitrogens is 1. The van der Waals surface area contributed by atoms with E-state index in [1.165, 1.54) is 11.3 Å².